The molecule has 25 heavy (non-hydrogen) atoms. The molecule has 0 atom stereocenters. The number of rotatable bonds is 3. The van der Waals surface area contributed by atoms with E-state index >= 15 is 0 Å². The molecule has 2 rings (SSSR count). The molecule has 4 nitrogen and oxygen atoms in total. The number of nitrogens with zero attached hydrogens (tertiary/aromatic N) is 2. The van der Waals surface area contributed by atoms with Gasteiger partial charge in [-0.3, -0.25) is 4.79 Å². The normalized spacial score (nSPS) is 12.2. The molecular formula is C17H15ClF3N3O. The third-order valence-electron chi connectivity index (χ3n) is 3.51. The quantitative estimate of drug-likeness (QED) is 0.494. The van der Waals surface area contributed by atoms with E-state index in [1.165, 1.54) is 25.2 Å². The van der Waals surface area contributed by atoms with E-state index in [1.54, 1.807) is 19.1 Å². The summed E-state index contributed by atoms with van der Waals surface area (Å²) in [5.74, 6) is -0.480. The molecule has 0 saturated heterocycles. The molecule has 0 saturated carbocycles. The molecule has 0 aliphatic heterocycles. The maximum atomic E-state index is 12.6. The summed E-state index contributed by atoms with van der Waals surface area (Å²) in [6, 6.07) is 9.19. The van der Waals surface area contributed by atoms with Crippen LogP contribution in [0.4, 0.5) is 18.9 Å². The van der Waals surface area contributed by atoms with Crippen molar-refractivity contribution in [2.24, 2.45) is 5.10 Å². The first-order valence-electron chi connectivity index (χ1n) is 7.16. The van der Waals surface area contributed by atoms with Crippen molar-refractivity contribution < 1.29 is 18.0 Å². The molecule has 2 aromatic rings. The van der Waals surface area contributed by atoms with Gasteiger partial charge in [0.2, 0.25) is 0 Å². The lowest BCUT2D eigenvalue weighted by Crippen LogP contribution is -2.24. The zero-order valence-corrected chi connectivity index (χ0v) is 14.2. The predicted octanol–water partition coefficient (Wildman–Crippen LogP) is 4.44. The minimum absolute atomic E-state index is 0.142. The minimum Gasteiger partial charge on any atom is -0.397 e. The molecule has 2 aromatic carbocycles. The number of hydrogen-bond donors (Lipinski definition) is 1. The summed E-state index contributed by atoms with van der Waals surface area (Å²) in [7, 11) is 1.43. The van der Waals surface area contributed by atoms with Crippen molar-refractivity contribution in [1.29, 1.82) is 0 Å². The largest absolute Gasteiger partial charge is 0.416 e. The van der Waals surface area contributed by atoms with Crippen LogP contribution >= 0.6 is 11.6 Å². The third-order valence-corrected chi connectivity index (χ3v) is 3.84. The second kappa shape index (κ2) is 7.14. The van der Waals surface area contributed by atoms with E-state index in [1.807, 2.05) is 0 Å². The zero-order valence-electron chi connectivity index (χ0n) is 13.4. The maximum absolute atomic E-state index is 12.6. The van der Waals surface area contributed by atoms with Gasteiger partial charge in [-0.1, -0.05) is 29.8 Å². The Kier molecular flexibility index (Phi) is 5.37. The molecule has 0 spiro atoms. The fourth-order valence-corrected chi connectivity index (χ4v) is 2.30. The summed E-state index contributed by atoms with van der Waals surface area (Å²) >= 11 is 5.89. The lowest BCUT2D eigenvalue weighted by Gasteiger charge is -2.15. The number of hydrazone groups is 1. The van der Waals surface area contributed by atoms with Crippen LogP contribution in [-0.4, -0.2) is 23.7 Å². The van der Waals surface area contributed by atoms with Gasteiger partial charge >= 0.3 is 6.18 Å². The van der Waals surface area contributed by atoms with E-state index in [9.17, 15) is 18.0 Å². The number of halogens is 4. The van der Waals surface area contributed by atoms with Gasteiger partial charge in [-0.15, -0.1) is 0 Å². The van der Waals surface area contributed by atoms with E-state index in [4.69, 9.17) is 17.3 Å². The second-order valence-corrected chi connectivity index (χ2v) is 5.70. The second-order valence-electron chi connectivity index (χ2n) is 5.29. The van der Waals surface area contributed by atoms with Crippen LogP contribution in [-0.2, 0) is 6.18 Å². The van der Waals surface area contributed by atoms with Gasteiger partial charge in [0.15, 0.2) is 0 Å². The van der Waals surface area contributed by atoms with Crippen molar-refractivity contribution in [2.75, 3.05) is 12.8 Å². The van der Waals surface area contributed by atoms with Crippen LogP contribution in [0.3, 0.4) is 0 Å². The number of para-hydroxylation sites is 1. The third kappa shape index (κ3) is 4.30. The predicted molar refractivity (Wildman–Crippen MR) is 91.6 cm³/mol. The molecule has 2 N–H and O–H groups in total. The maximum Gasteiger partial charge on any atom is 0.416 e. The highest BCUT2D eigenvalue weighted by Crippen LogP contribution is 2.29. The highest BCUT2D eigenvalue weighted by Gasteiger charge is 2.30. The lowest BCUT2D eigenvalue weighted by atomic mass is 10.1. The Morgan fingerprint density at radius 2 is 1.76 bits per heavy atom. The molecule has 1 amide bonds. The van der Waals surface area contributed by atoms with Crippen LogP contribution in [0.2, 0.25) is 5.02 Å². The summed E-state index contributed by atoms with van der Waals surface area (Å²) < 4.78 is 37.8. The first-order valence-corrected chi connectivity index (χ1v) is 7.54. The molecule has 0 aliphatic rings. The standard InChI is InChI=1S/C17H15ClF3N3O/c1-10(11-6-8-12(9-7-11)17(19,20)21)23-24(2)16(25)13-4-3-5-14(18)15(13)22/h3-9H,22H2,1-2H3/b23-10-. The van der Waals surface area contributed by atoms with Crippen LogP contribution in [0.1, 0.15) is 28.4 Å². The fourth-order valence-electron chi connectivity index (χ4n) is 2.13. The molecular weight excluding hydrogens is 355 g/mol. The summed E-state index contributed by atoms with van der Waals surface area (Å²) in [5, 5.41) is 5.42. The van der Waals surface area contributed by atoms with Gasteiger partial charge in [0, 0.05) is 7.05 Å². The molecule has 8 heteroatoms. The number of hydrogen-bond acceptors (Lipinski definition) is 3. The van der Waals surface area contributed by atoms with Gasteiger partial charge in [-0.05, 0) is 36.8 Å². The number of benzene rings is 2. The minimum atomic E-state index is -4.40. The van der Waals surface area contributed by atoms with E-state index in [2.05, 4.69) is 5.10 Å². The van der Waals surface area contributed by atoms with E-state index < -0.39 is 17.6 Å². The number of anilines is 1. The van der Waals surface area contributed by atoms with Crippen molar-refractivity contribution in [3.05, 3.63) is 64.2 Å². The molecule has 0 unspecified atom stereocenters. The molecule has 0 bridgehead atoms. The average molecular weight is 370 g/mol. The van der Waals surface area contributed by atoms with Crippen molar-refractivity contribution in [2.45, 2.75) is 13.1 Å². The summed E-state index contributed by atoms with van der Waals surface area (Å²) in [6.07, 6.45) is -4.40. The molecule has 132 valence electrons. The van der Waals surface area contributed by atoms with E-state index in [-0.39, 0.29) is 16.3 Å². The van der Waals surface area contributed by atoms with Crippen LogP contribution in [0.15, 0.2) is 47.6 Å². The van der Waals surface area contributed by atoms with Gasteiger partial charge < -0.3 is 5.73 Å². The number of carbonyl (C=O) groups is 1. The van der Waals surface area contributed by atoms with Crippen LogP contribution < -0.4 is 5.73 Å². The Labute approximate surface area is 147 Å². The number of amides is 1. The Morgan fingerprint density at radius 3 is 2.32 bits per heavy atom. The number of nitrogens with two attached hydrogens (primary N) is 1. The lowest BCUT2D eigenvalue weighted by molar-refractivity contribution is -0.137. The summed E-state index contributed by atoms with van der Waals surface area (Å²) in [4.78, 5) is 12.4. The van der Waals surface area contributed by atoms with Crippen molar-refractivity contribution in [3.63, 3.8) is 0 Å². The van der Waals surface area contributed by atoms with Gasteiger partial charge in [-0.2, -0.15) is 18.3 Å². The monoisotopic (exact) mass is 369 g/mol. The first-order chi connectivity index (χ1) is 11.6. The van der Waals surface area contributed by atoms with Gasteiger partial charge in [0.25, 0.3) is 5.91 Å². The Hall–Kier alpha value is -2.54. The van der Waals surface area contributed by atoms with Gasteiger partial charge in [0.1, 0.15) is 0 Å². The average Bonchev–Trinajstić information content (AvgIpc) is 2.56. The highest BCUT2D eigenvalue weighted by atomic mass is 35.5. The van der Waals surface area contributed by atoms with Gasteiger partial charge in [0.05, 0.1) is 27.5 Å². The number of nitrogen functional groups attached to an aromatic ring is 1. The van der Waals surface area contributed by atoms with Crippen LogP contribution in [0.5, 0.6) is 0 Å². The van der Waals surface area contributed by atoms with Crippen molar-refractivity contribution in [1.82, 2.24) is 5.01 Å². The first kappa shape index (κ1) is 18.8. The van der Waals surface area contributed by atoms with Crippen molar-refractivity contribution in [3.8, 4) is 0 Å². The topological polar surface area (TPSA) is 58.7 Å². The number of alkyl halides is 3. The molecule has 0 aromatic heterocycles. The molecule has 0 heterocycles. The van der Waals surface area contributed by atoms with E-state index in [0.717, 1.165) is 17.1 Å². The summed E-state index contributed by atoms with van der Waals surface area (Å²) in [5.41, 5.74) is 6.22. The van der Waals surface area contributed by atoms with Crippen molar-refractivity contribution >= 4 is 28.9 Å². The molecule has 0 aliphatic carbocycles. The van der Waals surface area contributed by atoms with Crippen LogP contribution in [0.25, 0.3) is 0 Å². The Morgan fingerprint density at radius 1 is 1.16 bits per heavy atom. The van der Waals surface area contributed by atoms with E-state index in [0.29, 0.717) is 11.3 Å². The van der Waals surface area contributed by atoms with Crippen LogP contribution in [0, 0.1) is 0 Å². The molecule has 0 radical (unpaired) electrons. The zero-order chi connectivity index (χ0) is 18.8. The highest BCUT2D eigenvalue weighted by molar-refractivity contribution is 6.33. The number of carbonyl (C=O) groups excluding carboxylic acids is 1. The summed E-state index contributed by atoms with van der Waals surface area (Å²) in [6.45, 7) is 1.59. The Bertz CT molecular complexity index is 817. The fraction of sp³-hybridized carbons (Fsp3) is 0.176. The van der Waals surface area contributed by atoms with Gasteiger partial charge in [-0.25, -0.2) is 5.01 Å². The molecule has 0 fully saturated rings. The smallest absolute Gasteiger partial charge is 0.397 e. The Balaban J connectivity index is 2.23. The SMILES string of the molecule is C/C(=N/N(C)C(=O)c1cccc(Cl)c1N)c1ccc(C(F)(F)F)cc1.